The Bertz CT molecular complexity index is 557. The first-order valence-corrected chi connectivity index (χ1v) is 6.10. The molecule has 1 heteroatoms. The molecular weight excluding hydrogens is 208 g/mol. The number of hydrogen-bond donors (Lipinski definition) is 0. The summed E-state index contributed by atoms with van der Waals surface area (Å²) in [7, 11) is 0. The zero-order chi connectivity index (χ0) is 11.8. The van der Waals surface area contributed by atoms with Gasteiger partial charge in [-0.3, -0.25) is 0 Å². The predicted octanol–water partition coefficient (Wildman–Crippen LogP) is 3.99. The van der Waals surface area contributed by atoms with Crippen LogP contribution in [0.1, 0.15) is 18.1 Å². The van der Waals surface area contributed by atoms with E-state index in [2.05, 4.69) is 56.3 Å². The molecule has 1 nitrogen and oxygen atoms in total. The topological polar surface area (TPSA) is 9.23 Å². The smallest absolute Gasteiger partial charge is 0.130 e. The average molecular weight is 224 g/mol. The molecule has 0 spiro atoms. The van der Waals surface area contributed by atoms with Crippen LogP contribution in [0, 0.1) is 6.92 Å². The fraction of sp³-hybridized carbons (Fsp3) is 0.250. The van der Waals surface area contributed by atoms with Gasteiger partial charge in [0.15, 0.2) is 0 Å². The van der Waals surface area contributed by atoms with Crippen molar-refractivity contribution in [3.05, 3.63) is 53.6 Å². The number of benzene rings is 2. The van der Waals surface area contributed by atoms with Gasteiger partial charge < -0.3 is 4.74 Å². The monoisotopic (exact) mass is 224 g/mol. The normalized spacial score (nSPS) is 17.6. The zero-order valence-corrected chi connectivity index (χ0v) is 10.2. The van der Waals surface area contributed by atoms with Crippen LogP contribution in [0.4, 0.5) is 0 Å². The Labute approximate surface area is 102 Å². The highest BCUT2D eigenvalue weighted by Gasteiger charge is 2.22. The molecule has 0 fully saturated rings. The standard InChI is InChI=1S/C16H16O/c1-11-6-3-4-8-14(11)15-9-5-7-13-10-12(2)17-16(13)15/h3-9,12H,10H2,1-2H3. The van der Waals surface area contributed by atoms with E-state index in [4.69, 9.17) is 4.74 Å². The molecule has 0 aliphatic carbocycles. The second-order valence-electron chi connectivity index (χ2n) is 4.74. The van der Waals surface area contributed by atoms with Crippen LogP contribution in [0.2, 0.25) is 0 Å². The zero-order valence-electron chi connectivity index (χ0n) is 10.2. The second kappa shape index (κ2) is 3.92. The van der Waals surface area contributed by atoms with Crippen molar-refractivity contribution in [2.45, 2.75) is 26.4 Å². The van der Waals surface area contributed by atoms with Crippen LogP contribution in [-0.4, -0.2) is 6.10 Å². The van der Waals surface area contributed by atoms with Crippen LogP contribution in [0.25, 0.3) is 11.1 Å². The first kappa shape index (κ1) is 10.4. The van der Waals surface area contributed by atoms with E-state index >= 15 is 0 Å². The lowest BCUT2D eigenvalue weighted by Crippen LogP contribution is -2.05. The average Bonchev–Trinajstić information content (AvgIpc) is 2.70. The minimum Gasteiger partial charge on any atom is -0.489 e. The van der Waals surface area contributed by atoms with Crippen LogP contribution in [0.5, 0.6) is 5.75 Å². The number of para-hydroxylation sites is 1. The molecule has 1 aliphatic heterocycles. The minimum absolute atomic E-state index is 0.301. The van der Waals surface area contributed by atoms with Crippen molar-refractivity contribution in [3.8, 4) is 16.9 Å². The highest BCUT2D eigenvalue weighted by Crippen LogP contribution is 2.39. The Morgan fingerprint density at radius 3 is 2.59 bits per heavy atom. The molecule has 1 unspecified atom stereocenters. The van der Waals surface area contributed by atoms with Gasteiger partial charge in [-0.25, -0.2) is 0 Å². The van der Waals surface area contributed by atoms with Crippen LogP contribution in [0.3, 0.4) is 0 Å². The number of ether oxygens (including phenoxy) is 1. The summed E-state index contributed by atoms with van der Waals surface area (Å²) >= 11 is 0. The van der Waals surface area contributed by atoms with Crippen molar-refractivity contribution in [3.63, 3.8) is 0 Å². The first-order valence-electron chi connectivity index (χ1n) is 6.10. The van der Waals surface area contributed by atoms with Gasteiger partial charge in [0.2, 0.25) is 0 Å². The van der Waals surface area contributed by atoms with Gasteiger partial charge in [0.05, 0.1) is 0 Å². The quantitative estimate of drug-likeness (QED) is 0.711. The van der Waals surface area contributed by atoms with Crippen LogP contribution >= 0.6 is 0 Å². The summed E-state index contributed by atoms with van der Waals surface area (Å²) in [5.41, 5.74) is 5.13. The summed E-state index contributed by atoms with van der Waals surface area (Å²) in [6.07, 6.45) is 1.32. The maximum absolute atomic E-state index is 5.95. The molecule has 3 rings (SSSR count). The van der Waals surface area contributed by atoms with Gasteiger partial charge in [-0.1, -0.05) is 42.5 Å². The number of hydrogen-bond acceptors (Lipinski definition) is 1. The summed E-state index contributed by atoms with van der Waals surface area (Å²) < 4.78 is 5.95. The van der Waals surface area contributed by atoms with Crippen LogP contribution in [-0.2, 0) is 6.42 Å². The van der Waals surface area contributed by atoms with Gasteiger partial charge in [-0.2, -0.15) is 0 Å². The molecule has 0 saturated heterocycles. The van der Waals surface area contributed by atoms with Gasteiger partial charge >= 0.3 is 0 Å². The summed E-state index contributed by atoms with van der Waals surface area (Å²) in [4.78, 5) is 0. The van der Waals surface area contributed by atoms with E-state index in [1.54, 1.807) is 0 Å². The third kappa shape index (κ3) is 1.72. The molecule has 2 aromatic carbocycles. The van der Waals surface area contributed by atoms with Gasteiger partial charge in [-0.15, -0.1) is 0 Å². The molecule has 0 saturated carbocycles. The molecule has 17 heavy (non-hydrogen) atoms. The highest BCUT2D eigenvalue weighted by atomic mass is 16.5. The molecule has 1 aliphatic rings. The van der Waals surface area contributed by atoms with Crippen LogP contribution < -0.4 is 4.74 Å². The first-order chi connectivity index (χ1) is 8.25. The molecule has 86 valence electrons. The molecule has 0 amide bonds. The lowest BCUT2D eigenvalue weighted by molar-refractivity contribution is 0.255. The third-order valence-corrected chi connectivity index (χ3v) is 3.36. The van der Waals surface area contributed by atoms with Crippen molar-refractivity contribution in [2.75, 3.05) is 0 Å². The molecule has 0 bridgehead atoms. The lowest BCUT2D eigenvalue weighted by Gasteiger charge is -2.11. The Morgan fingerprint density at radius 1 is 1.00 bits per heavy atom. The van der Waals surface area contributed by atoms with Crippen molar-refractivity contribution in [1.29, 1.82) is 0 Å². The number of rotatable bonds is 1. The molecule has 1 heterocycles. The maximum Gasteiger partial charge on any atom is 0.130 e. The molecule has 2 aromatic rings. The summed E-state index contributed by atoms with van der Waals surface area (Å²) in [6, 6.07) is 14.9. The van der Waals surface area contributed by atoms with Crippen molar-refractivity contribution in [1.82, 2.24) is 0 Å². The van der Waals surface area contributed by atoms with Crippen molar-refractivity contribution >= 4 is 0 Å². The van der Waals surface area contributed by atoms with Crippen molar-refractivity contribution < 1.29 is 4.74 Å². The molecule has 0 N–H and O–H groups in total. The van der Waals surface area contributed by atoms with E-state index < -0.39 is 0 Å². The van der Waals surface area contributed by atoms with Crippen molar-refractivity contribution in [2.24, 2.45) is 0 Å². The van der Waals surface area contributed by atoms with E-state index in [1.807, 2.05) is 0 Å². The SMILES string of the molecule is Cc1ccccc1-c1cccc2c1OC(C)C2. The predicted molar refractivity (Wildman–Crippen MR) is 70.4 cm³/mol. The summed E-state index contributed by atoms with van der Waals surface area (Å²) in [5.74, 6) is 1.08. The number of aryl methyl sites for hydroxylation is 1. The van der Waals surface area contributed by atoms with Gasteiger partial charge in [0.25, 0.3) is 0 Å². The fourth-order valence-corrected chi connectivity index (χ4v) is 2.52. The minimum atomic E-state index is 0.301. The van der Waals surface area contributed by atoms with E-state index in [9.17, 15) is 0 Å². The van der Waals surface area contributed by atoms with Gasteiger partial charge in [0.1, 0.15) is 11.9 Å². The summed E-state index contributed by atoms with van der Waals surface area (Å²) in [6.45, 7) is 4.27. The number of fused-ring (bicyclic) bond motifs is 1. The maximum atomic E-state index is 5.95. The van der Waals surface area contributed by atoms with E-state index in [0.717, 1.165) is 12.2 Å². The largest absolute Gasteiger partial charge is 0.489 e. The highest BCUT2D eigenvalue weighted by molar-refractivity contribution is 5.75. The Kier molecular flexibility index (Phi) is 2.40. The van der Waals surface area contributed by atoms with E-state index in [0.29, 0.717) is 6.10 Å². The van der Waals surface area contributed by atoms with Gasteiger partial charge in [-0.05, 0) is 30.5 Å². The van der Waals surface area contributed by atoms with E-state index in [-0.39, 0.29) is 0 Å². The Balaban J connectivity index is 2.18. The molecular formula is C16H16O. The third-order valence-electron chi connectivity index (χ3n) is 3.36. The Hall–Kier alpha value is -1.76. The molecule has 0 aromatic heterocycles. The van der Waals surface area contributed by atoms with E-state index in [1.165, 1.54) is 22.3 Å². The second-order valence-corrected chi connectivity index (χ2v) is 4.74. The fourth-order valence-electron chi connectivity index (χ4n) is 2.52. The Morgan fingerprint density at radius 2 is 1.76 bits per heavy atom. The molecule has 1 atom stereocenters. The lowest BCUT2D eigenvalue weighted by atomic mass is 9.97. The summed E-state index contributed by atoms with van der Waals surface area (Å²) in [5, 5.41) is 0. The van der Waals surface area contributed by atoms with Gasteiger partial charge in [0, 0.05) is 12.0 Å². The molecule has 0 radical (unpaired) electrons. The van der Waals surface area contributed by atoms with Crippen LogP contribution in [0.15, 0.2) is 42.5 Å².